The molecule has 2 N–H and O–H groups in total. The summed E-state index contributed by atoms with van der Waals surface area (Å²) in [6.45, 7) is 0. The molecule has 0 amide bonds. The molecule has 0 aromatic carbocycles. The molecule has 0 radical (unpaired) electrons. The Morgan fingerprint density at radius 2 is 1.11 bits per heavy atom. The second-order valence-corrected chi connectivity index (χ2v) is 3.75. The van der Waals surface area contributed by atoms with Gasteiger partial charge in [0, 0.05) is 0 Å². The maximum atomic E-state index is 4.95. The van der Waals surface area contributed by atoms with E-state index in [1.807, 2.05) is 0 Å². The molecule has 0 unspecified atom stereocenters. The molecule has 0 fully saturated rings. The van der Waals surface area contributed by atoms with Crippen LogP contribution in [-0.4, -0.2) is 121 Å². The van der Waals surface area contributed by atoms with Crippen LogP contribution in [0.15, 0.2) is 0 Å². The van der Waals surface area contributed by atoms with Gasteiger partial charge in [-0.3, -0.25) is 0 Å². The predicted molar refractivity (Wildman–Crippen MR) is 41.2 cm³/mol. The van der Waals surface area contributed by atoms with Gasteiger partial charge in [-0.1, -0.05) is 0 Å². The molecule has 0 aliphatic carbocycles. The topological polar surface area (TPSA) is 31.5 Å². The second-order valence-electron chi connectivity index (χ2n) is 0.101. The Kier molecular flexibility index (Phi) is 191. The van der Waals surface area contributed by atoms with Crippen LogP contribution in [0.1, 0.15) is 0 Å². The SMILES string of the molecule is O.[CaH2].[Cl-].[Cl][Ca][Cl].[Cl][K].[Na+]. The van der Waals surface area contributed by atoms with E-state index < -0.39 is 30.8 Å². The summed E-state index contributed by atoms with van der Waals surface area (Å²) in [6.07, 6.45) is 9.90. The van der Waals surface area contributed by atoms with Gasteiger partial charge >= 0.3 is 162 Å². The van der Waals surface area contributed by atoms with Gasteiger partial charge in [-0.05, 0) is 0 Å². The van der Waals surface area contributed by atoms with E-state index in [4.69, 9.17) is 16.5 Å². The van der Waals surface area contributed by atoms with Crippen LogP contribution >= 0.6 is 16.5 Å². The van der Waals surface area contributed by atoms with Crippen molar-refractivity contribution in [2.24, 2.45) is 0 Å². The van der Waals surface area contributed by atoms with E-state index in [0.717, 1.165) is 0 Å². The summed E-state index contributed by atoms with van der Waals surface area (Å²) in [7, 11) is 0. The molecule has 0 aromatic heterocycles. The van der Waals surface area contributed by atoms with Crippen LogP contribution in [-0.2, 0) is 0 Å². The van der Waals surface area contributed by atoms with Crippen LogP contribution in [0, 0.1) is 0 Å². The molecule has 9 heteroatoms. The number of hydrogen-bond acceptors (Lipinski definition) is 0. The maximum absolute atomic E-state index is 4.95. The molecule has 9 heavy (non-hydrogen) atoms. The van der Waals surface area contributed by atoms with Crippen LogP contribution in [0.3, 0.4) is 0 Å². The monoisotopic (exact) mass is 302 g/mol. The Morgan fingerprint density at radius 3 is 1.11 bits per heavy atom. The molecular weight excluding hydrogens is 300 g/mol. The molecule has 0 saturated heterocycles. The zero-order valence-corrected chi connectivity index (χ0v) is 15.1. The van der Waals surface area contributed by atoms with Crippen molar-refractivity contribution < 1.29 is 47.4 Å². The predicted octanol–water partition coefficient (Wildman–Crippen LogP) is -6.43. The Morgan fingerprint density at radius 1 is 1.11 bits per heavy atom. The average molecular weight is 304 g/mol. The van der Waals surface area contributed by atoms with Gasteiger partial charge in [0.15, 0.2) is 0 Å². The van der Waals surface area contributed by atoms with Crippen LogP contribution in [0.5, 0.6) is 0 Å². The summed E-state index contributed by atoms with van der Waals surface area (Å²) in [4.78, 5) is 0. The zero-order valence-electron chi connectivity index (χ0n) is 4.72. The molecule has 0 saturated carbocycles. The fraction of sp³-hybridized carbons (Fsp3) is 0. The summed E-state index contributed by atoms with van der Waals surface area (Å²) in [5.74, 6) is 0. The first-order valence-electron chi connectivity index (χ1n) is 0.912. The molecule has 1 nitrogen and oxygen atoms in total. The second kappa shape index (κ2) is 47.5. The first-order chi connectivity index (χ1) is 2.41. The van der Waals surface area contributed by atoms with Gasteiger partial charge < -0.3 is 17.9 Å². The summed E-state index contributed by atoms with van der Waals surface area (Å²) >= 11 is -0.396. The van der Waals surface area contributed by atoms with Crippen molar-refractivity contribution in [3.05, 3.63) is 0 Å². The summed E-state index contributed by atoms with van der Waals surface area (Å²) in [6, 6.07) is 0. The minimum absolute atomic E-state index is 0. The smallest absolute Gasteiger partial charge is 1.00 e. The van der Waals surface area contributed by atoms with Crippen LogP contribution in [0.4, 0.5) is 0 Å². The molecule has 0 rings (SSSR count). The Bertz CT molecular complexity index is 18.5. The fourth-order valence-corrected chi connectivity index (χ4v) is 0. The van der Waals surface area contributed by atoms with Crippen molar-refractivity contribution in [3.8, 4) is 0 Å². The first-order valence-corrected chi connectivity index (χ1v) is 11.3. The molecule has 0 aliphatic heterocycles. The quantitative estimate of drug-likeness (QED) is 0.399. The number of hydrogen-bond donors (Lipinski definition) is 0. The Labute approximate surface area is 173 Å². The third-order valence-electron chi connectivity index (χ3n) is 0. The van der Waals surface area contributed by atoms with Gasteiger partial charge in [0.25, 0.3) is 0 Å². The standard InChI is InChI=1S/2Ca.4ClH.K.Na.H2O.2H/h;;4*1H;;;1H2;;/q;+2;;;;;2*+1;;;/p-4. The number of halogens is 4. The van der Waals surface area contributed by atoms with Gasteiger partial charge in [-0.25, -0.2) is 0 Å². The van der Waals surface area contributed by atoms with Crippen molar-refractivity contribution in [1.82, 2.24) is 0 Å². The van der Waals surface area contributed by atoms with Crippen LogP contribution in [0.2, 0.25) is 0 Å². The third-order valence-corrected chi connectivity index (χ3v) is 0. The van der Waals surface area contributed by atoms with Gasteiger partial charge in [0.05, 0.1) is 0 Å². The van der Waals surface area contributed by atoms with Gasteiger partial charge in [0.1, 0.15) is 0 Å². The van der Waals surface area contributed by atoms with Crippen LogP contribution < -0.4 is 42.0 Å². The van der Waals surface area contributed by atoms with Gasteiger partial charge in [0.2, 0.25) is 0 Å². The van der Waals surface area contributed by atoms with E-state index in [-0.39, 0.29) is 85.2 Å². The molecule has 0 heterocycles. The molecule has 0 aromatic rings. The molecular formula is H4Ca2Cl4KNaO. The van der Waals surface area contributed by atoms with Crippen LogP contribution in [0.25, 0.3) is 0 Å². The van der Waals surface area contributed by atoms with Gasteiger partial charge in [-0.2, -0.15) is 0 Å². The Balaban J connectivity index is -0.00000000357. The summed E-state index contributed by atoms with van der Waals surface area (Å²) in [5.41, 5.74) is 0. The largest absolute Gasteiger partial charge is 1.00 e. The molecule has 0 bridgehead atoms. The van der Waals surface area contributed by atoms with Crippen molar-refractivity contribution in [1.29, 1.82) is 0 Å². The van der Waals surface area contributed by atoms with Crippen molar-refractivity contribution in [2.45, 2.75) is 0 Å². The minimum Gasteiger partial charge on any atom is 1.00 e. The van der Waals surface area contributed by atoms with Gasteiger partial charge in [-0.15, -0.1) is 0 Å². The van der Waals surface area contributed by atoms with Crippen molar-refractivity contribution in [2.75, 3.05) is 0 Å². The zero-order chi connectivity index (χ0) is 4.71. The molecule has 0 spiro atoms. The van der Waals surface area contributed by atoms with E-state index in [2.05, 4.69) is 0 Å². The number of rotatable bonds is 0. The van der Waals surface area contributed by atoms with Crippen molar-refractivity contribution in [3.63, 3.8) is 0 Å². The van der Waals surface area contributed by atoms with E-state index in [9.17, 15) is 0 Å². The minimum atomic E-state index is -0.931. The average Bonchev–Trinajstić information content (AvgIpc) is 1.46. The van der Waals surface area contributed by atoms with E-state index in [1.54, 1.807) is 0 Å². The Hall–Kier alpha value is 6.28. The molecule has 44 valence electrons. The summed E-state index contributed by atoms with van der Waals surface area (Å²) < 4.78 is 4.83. The van der Waals surface area contributed by atoms with E-state index in [1.165, 1.54) is 0 Å². The van der Waals surface area contributed by atoms with E-state index >= 15 is 0 Å². The first kappa shape index (κ1) is 36.2. The summed E-state index contributed by atoms with van der Waals surface area (Å²) in [5, 5.41) is 0. The molecule has 0 aliphatic rings. The maximum Gasteiger partial charge on any atom is 1.00 e. The van der Waals surface area contributed by atoms with Crippen molar-refractivity contribution >= 4 is 132 Å². The third kappa shape index (κ3) is 54.6. The van der Waals surface area contributed by atoms with E-state index in [0.29, 0.717) is 47.1 Å². The normalized spacial score (nSPS) is 1.89. The fourth-order valence-electron chi connectivity index (χ4n) is 0. The molecule has 0 atom stereocenters.